The highest BCUT2D eigenvalue weighted by Crippen LogP contribution is 2.39. The maximum Gasteiger partial charge on any atom is 0.257 e. The summed E-state index contributed by atoms with van der Waals surface area (Å²) in [6, 6.07) is 13.7. The third-order valence-corrected chi connectivity index (χ3v) is 8.54. The van der Waals surface area contributed by atoms with Gasteiger partial charge in [-0.1, -0.05) is 30.3 Å². The Bertz CT molecular complexity index is 1700. The van der Waals surface area contributed by atoms with Crippen LogP contribution in [-0.4, -0.2) is 48.7 Å². The van der Waals surface area contributed by atoms with E-state index in [0.29, 0.717) is 49.3 Å². The van der Waals surface area contributed by atoms with Gasteiger partial charge in [-0.05, 0) is 49.9 Å². The Morgan fingerprint density at radius 3 is 2.62 bits per heavy atom. The zero-order valence-electron chi connectivity index (χ0n) is 21.2. The SMILES string of the molecule is [C-]#[N+]c1ccc(S(=O)(=O)N[C@H]2CC[C@@H](Nc3nc(C)c4cc(-c5ccnc6c5OCCO6)ccc4n3)C2)cc1. The molecule has 0 bridgehead atoms. The molecular formula is C28H26N6O4S. The van der Waals surface area contributed by atoms with Crippen molar-refractivity contribution in [3.8, 4) is 22.8 Å². The number of rotatable bonds is 6. The summed E-state index contributed by atoms with van der Waals surface area (Å²) in [7, 11) is -3.67. The fourth-order valence-corrected chi connectivity index (χ4v) is 6.37. The van der Waals surface area contributed by atoms with Crippen molar-refractivity contribution in [3.05, 3.63) is 71.8 Å². The lowest BCUT2D eigenvalue weighted by molar-refractivity contribution is 0.165. The van der Waals surface area contributed by atoms with Crippen molar-refractivity contribution >= 4 is 32.6 Å². The van der Waals surface area contributed by atoms with Crippen LogP contribution in [0.4, 0.5) is 11.6 Å². The third-order valence-electron chi connectivity index (χ3n) is 7.00. The molecule has 2 aromatic carbocycles. The number of nitrogens with one attached hydrogen (secondary N) is 2. The molecule has 2 aliphatic rings. The maximum atomic E-state index is 12.8. The summed E-state index contributed by atoms with van der Waals surface area (Å²) >= 11 is 0. The van der Waals surface area contributed by atoms with Crippen molar-refractivity contribution in [2.24, 2.45) is 0 Å². The first kappa shape index (κ1) is 25.0. The lowest BCUT2D eigenvalue weighted by atomic mass is 10.0. The van der Waals surface area contributed by atoms with Gasteiger partial charge in [-0.25, -0.2) is 32.9 Å². The Labute approximate surface area is 226 Å². The topological polar surface area (TPSA) is 120 Å². The van der Waals surface area contributed by atoms with Gasteiger partial charge < -0.3 is 14.8 Å². The molecule has 2 N–H and O–H groups in total. The van der Waals surface area contributed by atoms with Gasteiger partial charge in [0, 0.05) is 29.2 Å². The number of hydrogen-bond donors (Lipinski definition) is 2. The molecule has 1 saturated carbocycles. The third kappa shape index (κ3) is 5.08. The van der Waals surface area contributed by atoms with Gasteiger partial charge in [-0.3, -0.25) is 0 Å². The molecule has 0 unspecified atom stereocenters. The highest BCUT2D eigenvalue weighted by Gasteiger charge is 2.29. The van der Waals surface area contributed by atoms with E-state index in [1.54, 1.807) is 6.20 Å². The number of fused-ring (bicyclic) bond motifs is 2. The maximum absolute atomic E-state index is 12.8. The summed E-state index contributed by atoms with van der Waals surface area (Å²) in [6.45, 7) is 9.94. The minimum atomic E-state index is -3.67. The quantitative estimate of drug-likeness (QED) is 0.339. The summed E-state index contributed by atoms with van der Waals surface area (Å²) in [5.41, 5.74) is 3.93. The van der Waals surface area contributed by atoms with Crippen molar-refractivity contribution in [1.82, 2.24) is 19.7 Å². The number of benzene rings is 2. The molecule has 0 amide bonds. The van der Waals surface area contributed by atoms with E-state index < -0.39 is 10.0 Å². The first-order chi connectivity index (χ1) is 18.9. The van der Waals surface area contributed by atoms with Crippen molar-refractivity contribution in [3.63, 3.8) is 0 Å². The van der Waals surface area contributed by atoms with Crippen molar-refractivity contribution in [1.29, 1.82) is 0 Å². The second-order valence-corrected chi connectivity index (χ2v) is 11.3. The number of anilines is 1. The molecule has 11 heteroatoms. The van der Waals surface area contributed by atoms with E-state index in [-0.39, 0.29) is 17.0 Å². The Morgan fingerprint density at radius 1 is 1.00 bits per heavy atom. The Balaban J connectivity index is 1.16. The van der Waals surface area contributed by atoms with E-state index in [0.717, 1.165) is 34.1 Å². The Kier molecular flexibility index (Phi) is 6.50. The number of aryl methyl sites for hydroxylation is 1. The zero-order valence-corrected chi connectivity index (χ0v) is 22.0. The van der Waals surface area contributed by atoms with E-state index in [4.69, 9.17) is 26.0 Å². The van der Waals surface area contributed by atoms with E-state index in [2.05, 4.69) is 19.9 Å². The molecule has 0 saturated heterocycles. The molecule has 198 valence electrons. The average Bonchev–Trinajstić information content (AvgIpc) is 3.38. The minimum Gasteiger partial charge on any atom is -0.484 e. The average molecular weight is 543 g/mol. The molecule has 4 aromatic rings. The summed E-state index contributed by atoms with van der Waals surface area (Å²) < 4.78 is 39.9. The van der Waals surface area contributed by atoms with Crippen LogP contribution in [0.2, 0.25) is 0 Å². The number of ether oxygens (including phenoxy) is 2. The monoisotopic (exact) mass is 542 g/mol. The van der Waals surface area contributed by atoms with Gasteiger partial charge in [0.05, 0.1) is 22.7 Å². The second-order valence-electron chi connectivity index (χ2n) is 9.63. The van der Waals surface area contributed by atoms with Gasteiger partial charge >= 0.3 is 0 Å². The molecule has 10 nitrogen and oxygen atoms in total. The molecule has 0 spiro atoms. The smallest absolute Gasteiger partial charge is 0.257 e. The number of aromatic nitrogens is 3. The predicted molar refractivity (Wildman–Crippen MR) is 147 cm³/mol. The number of sulfonamides is 1. The molecule has 1 aliphatic heterocycles. The molecule has 39 heavy (non-hydrogen) atoms. The van der Waals surface area contributed by atoms with Gasteiger partial charge in [0.2, 0.25) is 16.0 Å². The summed E-state index contributed by atoms with van der Waals surface area (Å²) in [6.07, 6.45) is 3.82. The van der Waals surface area contributed by atoms with Crippen LogP contribution in [0.3, 0.4) is 0 Å². The van der Waals surface area contributed by atoms with Crippen molar-refractivity contribution < 1.29 is 17.9 Å². The van der Waals surface area contributed by atoms with Gasteiger partial charge in [0.15, 0.2) is 11.4 Å². The fraction of sp³-hybridized carbons (Fsp3) is 0.286. The lowest BCUT2D eigenvalue weighted by Gasteiger charge is -2.20. The van der Waals surface area contributed by atoms with E-state index >= 15 is 0 Å². The van der Waals surface area contributed by atoms with E-state index in [1.165, 1.54) is 24.3 Å². The van der Waals surface area contributed by atoms with Crippen LogP contribution in [0.25, 0.3) is 26.9 Å². The highest BCUT2D eigenvalue weighted by molar-refractivity contribution is 7.89. The van der Waals surface area contributed by atoms with Gasteiger partial charge in [-0.2, -0.15) is 0 Å². The van der Waals surface area contributed by atoms with Gasteiger partial charge in [-0.15, -0.1) is 0 Å². The highest BCUT2D eigenvalue weighted by atomic mass is 32.2. The Hall–Kier alpha value is -4.27. The molecule has 1 aliphatic carbocycles. The summed E-state index contributed by atoms with van der Waals surface area (Å²) in [5.74, 6) is 1.67. The predicted octanol–water partition coefficient (Wildman–Crippen LogP) is 4.63. The largest absolute Gasteiger partial charge is 0.484 e. The first-order valence-electron chi connectivity index (χ1n) is 12.7. The van der Waals surface area contributed by atoms with Crippen LogP contribution >= 0.6 is 0 Å². The normalized spacial score (nSPS) is 18.6. The zero-order chi connectivity index (χ0) is 27.0. The van der Waals surface area contributed by atoms with Gasteiger partial charge in [0.1, 0.15) is 13.2 Å². The standard InChI is InChI=1S/C28H26N6O4S/c1-17-24-15-18(23-11-12-30-27-26(23)37-13-14-38-27)3-10-25(24)33-28(31-17)32-20-4-5-21(16-20)34-39(35,36)22-8-6-19(29-2)7-9-22/h3,6-12,15,20-21,34H,4-5,13-14,16H2,1H3,(H,31,32,33)/t20-,21+/m1/s1. The van der Waals surface area contributed by atoms with Gasteiger partial charge in [0.25, 0.3) is 5.88 Å². The van der Waals surface area contributed by atoms with Crippen LogP contribution in [0.15, 0.2) is 59.6 Å². The molecule has 2 atom stereocenters. The molecule has 3 heterocycles. The fourth-order valence-electron chi connectivity index (χ4n) is 5.08. The first-order valence-corrected chi connectivity index (χ1v) is 14.2. The lowest BCUT2D eigenvalue weighted by Crippen LogP contribution is -2.34. The number of pyridine rings is 1. The van der Waals surface area contributed by atoms with Crippen LogP contribution in [0.1, 0.15) is 25.0 Å². The van der Waals surface area contributed by atoms with E-state index in [9.17, 15) is 8.42 Å². The van der Waals surface area contributed by atoms with Crippen molar-refractivity contribution in [2.75, 3.05) is 18.5 Å². The number of nitrogens with zero attached hydrogens (tertiary/aromatic N) is 4. The summed E-state index contributed by atoms with van der Waals surface area (Å²) in [4.78, 5) is 17.2. The van der Waals surface area contributed by atoms with Crippen LogP contribution in [0.5, 0.6) is 11.6 Å². The molecule has 1 fully saturated rings. The minimum absolute atomic E-state index is 0.0406. The number of hydrogen-bond acceptors (Lipinski definition) is 8. The van der Waals surface area contributed by atoms with Crippen LogP contribution < -0.4 is 19.5 Å². The van der Waals surface area contributed by atoms with Crippen LogP contribution in [-0.2, 0) is 10.0 Å². The Morgan fingerprint density at radius 2 is 1.79 bits per heavy atom. The second kappa shape index (κ2) is 10.1. The van der Waals surface area contributed by atoms with Crippen molar-refractivity contribution in [2.45, 2.75) is 43.2 Å². The van der Waals surface area contributed by atoms with Crippen LogP contribution in [0, 0.1) is 13.5 Å². The van der Waals surface area contributed by atoms with E-state index in [1.807, 2.05) is 31.2 Å². The molecule has 2 aromatic heterocycles. The molecule has 6 rings (SSSR count). The molecular weight excluding hydrogens is 516 g/mol. The summed E-state index contributed by atoms with van der Waals surface area (Å²) in [5, 5.41) is 4.33. The molecule has 0 radical (unpaired) electrons.